The van der Waals surface area contributed by atoms with Crippen molar-refractivity contribution in [1.29, 1.82) is 0 Å². The van der Waals surface area contributed by atoms with Crippen LogP contribution in [0.5, 0.6) is 0 Å². The molecule has 84 valence electrons. The fourth-order valence-electron chi connectivity index (χ4n) is 1.98. The Balaban J connectivity index is 2.25. The van der Waals surface area contributed by atoms with E-state index in [1.165, 1.54) is 12.8 Å². The van der Waals surface area contributed by atoms with Gasteiger partial charge in [-0.1, -0.05) is 6.92 Å². The molecule has 0 spiro atoms. The zero-order valence-electron chi connectivity index (χ0n) is 9.41. The molecule has 1 aliphatic rings. The van der Waals surface area contributed by atoms with Gasteiger partial charge < -0.3 is 9.84 Å². The van der Waals surface area contributed by atoms with Crippen molar-refractivity contribution < 1.29 is 9.84 Å². The van der Waals surface area contributed by atoms with Crippen molar-refractivity contribution in [2.45, 2.75) is 45.3 Å². The van der Waals surface area contributed by atoms with E-state index in [0.717, 1.165) is 32.7 Å². The molecule has 0 aromatic carbocycles. The van der Waals surface area contributed by atoms with Gasteiger partial charge in [0.1, 0.15) is 0 Å². The first-order valence-corrected chi connectivity index (χ1v) is 5.78. The Morgan fingerprint density at radius 3 is 2.93 bits per heavy atom. The van der Waals surface area contributed by atoms with E-state index in [1.54, 1.807) is 0 Å². The lowest BCUT2D eigenvalue weighted by molar-refractivity contribution is -0.00706. The van der Waals surface area contributed by atoms with Crippen molar-refractivity contribution in [3.8, 4) is 0 Å². The molecule has 3 nitrogen and oxygen atoms in total. The Labute approximate surface area is 87.1 Å². The molecule has 0 amide bonds. The maximum atomic E-state index is 9.54. The van der Waals surface area contributed by atoms with Gasteiger partial charge >= 0.3 is 0 Å². The number of aliphatic hydroxyl groups is 1. The molecule has 0 aliphatic carbocycles. The topological polar surface area (TPSA) is 32.7 Å². The van der Waals surface area contributed by atoms with E-state index in [9.17, 15) is 5.11 Å². The van der Waals surface area contributed by atoms with E-state index in [0.29, 0.717) is 6.10 Å². The second kappa shape index (κ2) is 6.38. The van der Waals surface area contributed by atoms with Gasteiger partial charge in [-0.25, -0.2) is 0 Å². The molecule has 0 radical (unpaired) electrons. The van der Waals surface area contributed by atoms with E-state index < -0.39 is 0 Å². The predicted octanol–water partition coefficient (Wildman–Crippen LogP) is 1.26. The summed E-state index contributed by atoms with van der Waals surface area (Å²) in [6, 6.07) is 0. The minimum atomic E-state index is -0.171. The third kappa shape index (κ3) is 3.95. The van der Waals surface area contributed by atoms with Gasteiger partial charge in [-0.3, -0.25) is 4.90 Å². The summed E-state index contributed by atoms with van der Waals surface area (Å²) < 4.78 is 5.60. The number of hydrogen-bond donors (Lipinski definition) is 1. The molecule has 0 aromatic heterocycles. The predicted molar refractivity (Wildman–Crippen MR) is 57.4 cm³/mol. The lowest BCUT2D eigenvalue weighted by Gasteiger charge is -2.33. The Morgan fingerprint density at radius 2 is 2.29 bits per heavy atom. The quantitative estimate of drug-likeness (QED) is 0.727. The highest BCUT2D eigenvalue weighted by atomic mass is 16.5. The standard InChI is InChI=1S/C11H23NO2/c1-3-10(13)8-12-7-5-6-11(9-12)14-4-2/h10-11,13H,3-9H2,1-2H3. The van der Waals surface area contributed by atoms with E-state index in [1.807, 2.05) is 13.8 Å². The summed E-state index contributed by atoms with van der Waals surface area (Å²) in [5.74, 6) is 0. The second-order valence-electron chi connectivity index (χ2n) is 4.04. The van der Waals surface area contributed by atoms with E-state index in [-0.39, 0.29) is 6.10 Å². The van der Waals surface area contributed by atoms with Crippen molar-refractivity contribution in [3.63, 3.8) is 0 Å². The molecule has 2 atom stereocenters. The van der Waals surface area contributed by atoms with Crippen molar-refractivity contribution in [2.24, 2.45) is 0 Å². The Kier molecular flexibility index (Phi) is 5.45. The van der Waals surface area contributed by atoms with Gasteiger partial charge in [-0.05, 0) is 32.7 Å². The van der Waals surface area contributed by atoms with Crippen LogP contribution in [0.15, 0.2) is 0 Å². The number of hydrogen-bond acceptors (Lipinski definition) is 3. The highest BCUT2D eigenvalue weighted by Crippen LogP contribution is 2.13. The smallest absolute Gasteiger partial charge is 0.0702 e. The van der Waals surface area contributed by atoms with Crippen LogP contribution in [0, 0.1) is 0 Å². The summed E-state index contributed by atoms with van der Waals surface area (Å²) in [4.78, 5) is 2.32. The van der Waals surface area contributed by atoms with Crippen LogP contribution in [0.2, 0.25) is 0 Å². The summed E-state index contributed by atoms with van der Waals surface area (Å²) in [6.45, 7) is 7.77. The highest BCUT2D eigenvalue weighted by molar-refractivity contribution is 4.74. The van der Waals surface area contributed by atoms with Gasteiger partial charge in [0, 0.05) is 19.7 Å². The normalized spacial score (nSPS) is 26.4. The molecule has 1 saturated heterocycles. The maximum absolute atomic E-state index is 9.54. The number of β-amino-alcohol motifs (C(OH)–C–C–N with tert-alkyl or cyclic N) is 1. The van der Waals surface area contributed by atoms with Crippen molar-refractivity contribution in [1.82, 2.24) is 4.90 Å². The third-order valence-electron chi connectivity index (χ3n) is 2.80. The van der Waals surface area contributed by atoms with Crippen LogP contribution in [0.4, 0.5) is 0 Å². The molecule has 1 rings (SSSR count). The van der Waals surface area contributed by atoms with Crippen molar-refractivity contribution >= 4 is 0 Å². The molecule has 1 N–H and O–H groups in total. The molecule has 0 bridgehead atoms. The Bertz CT molecular complexity index is 150. The van der Waals surface area contributed by atoms with Crippen LogP contribution in [0.25, 0.3) is 0 Å². The van der Waals surface area contributed by atoms with Gasteiger partial charge in [0.25, 0.3) is 0 Å². The highest BCUT2D eigenvalue weighted by Gasteiger charge is 2.21. The second-order valence-corrected chi connectivity index (χ2v) is 4.04. The first-order valence-electron chi connectivity index (χ1n) is 5.78. The van der Waals surface area contributed by atoms with Crippen LogP contribution < -0.4 is 0 Å². The summed E-state index contributed by atoms with van der Waals surface area (Å²) in [5.41, 5.74) is 0. The van der Waals surface area contributed by atoms with Crippen molar-refractivity contribution in [2.75, 3.05) is 26.2 Å². The summed E-state index contributed by atoms with van der Waals surface area (Å²) in [7, 11) is 0. The van der Waals surface area contributed by atoms with Crippen LogP contribution in [-0.2, 0) is 4.74 Å². The lowest BCUT2D eigenvalue weighted by Crippen LogP contribution is -2.43. The van der Waals surface area contributed by atoms with Gasteiger partial charge in [0.05, 0.1) is 12.2 Å². The number of likely N-dealkylation sites (tertiary alicyclic amines) is 1. The third-order valence-corrected chi connectivity index (χ3v) is 2.80. The largest absolute Gasteiger partial charge is 0.392 e. The summed E-state index contributed by atoms with van der Waals surface area (Å²) in [5, 5.41) is 9.54. The molecule has 1 fully saturated rings. The molecule has 3 heteroatoms. The average molecular weight is 201 g/mol. The first kappa shape index (κ1) is 12.0. The van der Waals surface area contributed by atoms with Gasteiger partial charge in [0.15, 0.2) is 0 Å². The average Bonchev–Trinajstić information content (AvgIpc) is 2.19. The number of piperidine rings is 1. The minimum absolute atomic E-state index is 0.171. The van der Waals surface area contributed by atoms with Gasteiger partial charge in [-0.15, -0.1) is 0 Å². The fourth-order valence-corrected chi connectivity index (χ4v) is 1.98. The van der Waals surface area contributed by atoms with Gasteiger partial charge in [-0.2, -0.15) is 0 Å². The lowest BCUT2D eigenvalue weighted by atomic mass is 10.1. The van der Waals surface area contributed by atoms with Crippen LogP contribution >= 0.6 is 0 Å². The summed E-state index contributed by atoms with van der Waals surface area (Å²) >= 11 is 0. The summed E-state index contributed by atoms with van der Waals surface area (Å²) in [6.07, 6.45) is 3.43. The Hall–Kier alpha value is -0.120. The zero-order valence-corrected chi connectivity index (χ0v) is 9.41. The number of aliphatic hydroxyl groups excluding tert-OH is 1. The number of ether oxygens (including phenoxy) is 1. The Morgan fingerprint density at radius 1 is 1.50 bits per heavy atom. The van der Waals surface area contributed by atoms with E-state index in [2.05, 4.69) is 4.90 Å². The molecule has 2 unspecified atom stereocenters. The van der Waals surface area contributed by atoms with E-state index in [4.69, 9.17) is 4.74 Å². The maximum Gasteiger partial charge on any atom is 0.0702 e. The molecular weight excluding hydrogens is 178 g/mol. The van der Waals surface area contributed by atoms with Crippen molar-refractivity contribution in [3.05, 3.63) is 0 Å². The van der Waals surface area contributed by atoms with E-state index >= 15 is 0 Å². The van der Waals surface area contributed by atoms with Crippen LogP contribution in [0.3, 0.4) is 0 Å². The number of nitrogens with zero attached hydrogens (tertiary/aromatic N) is 1. The monoisotopic (exact) mass is 201 g/mol. The fraction of sp³-hybridized carbons (Fsp3) is 1.00. The van der Waals surface area contributed by atoms with Crippen LogP contribution in [-0.4, -0.2) is 48.5 Å². The molecule has 0 aromatic rings. The molecule has 14 heavy (non-hydrogen) atoms. The molecular formula is C11H23NO2. The minimum Gasteiger partial charge on any atom is -0.392 e. The van der Waals surface area contributed by atoms with Gasteiger partial charge in [0.2, 0.25) is 0 Å². The SMILES string of the molecule is CCOC1CCCN(CC(O)CC)C1. The molecule has 0 saturated carbocycles. The first-order chi connectivity index (χ1) is 6.76. The zero-order chi connectivity index (χ0) is 10.4. The molecule has 1 heterocycles. The van der Waals surface area contributed by atoms with Crippen LogP contribution in [0.1, 0.15) is 33.1 Å². The number of rotatable bonds is 5. The molecule has 1 aliphatic heterocycles.